The molecule has 1 aromatic carbocycles. The Kier molecular flexibility index (Phi) is 4.49. The minimum Gasteiger partial charge on any atom is -0.461 e. The molecule has 0 aliphatic rings. The number of ether oxygens (including phenoxy) is 1. The van der Waals surface area contributed by atoms with Crippen molar-refractivity contribution in [1.82, 2.24) is 0 Å². The number of benzene rings is 1. The smallest absolute Gasteiger partial charge is 0.310 e. The number of esters is 1. The zero-order valence-electron chi connectivity index (χ0n) is 8.00. The van der Waals surface area contributed by atoms with Gasteiger partial charge in [0.25, 0.3) is 0 Å². The van der Waals surface area contributed by atoms with E-state index in [-0.39, 0.29) is 13.0 Å². The first-order valence-electron chi connectivity index (χ1n) is 4.34. The van der Waals surface area contributed by atoms with Gasteiger partial charge in [0, 0.05) is 10.0 Å². The molecule has 0 radical (unpaired) electrons. The van der Waals surface area contributed by atoms with Gasteiger partial charge >= 0.3 is 5.97 Å². The monoisotopic (exact) mass is 272 g/mol. The van der Waals surface area contributed by atoms with Crippen molar-refractivity contribution < 1.29 is 13.9 Å². The van der Waals surface area contributed by atoms with Crippen LogP contribution in [0.15, 0.2) is 35.3 Å². The number of carbonyl (C=O) groups excluding carboxylic acids is 1. The van der Waals surface area contributed by atoms with E-state index < -0.39 is 11.8 Å². The third kappa shape index (κ3) is 3.83. The summed E-state index contributed by atoms with van der Waals surface area (Å²) >= 11 is 3.20. The SMILES string of the molecule is C=CCOC(=O)Cc1cc(Br)ccc1F. The topological polar surface area (TPSA) is 26.3 Å². The maximum absolute atomic E-state index is 13.2. The predicted octanol–water partition coefficient (Wildman–Crippen LogP) is 2.86. The van der Waals surface area contributed by atoms with Crippen LogP contribution in [-0.4, -0.2) is 12.6 Å². The van der Waals surface area contributed by atoms with E-state index in [2.05, 4.69) is 22.5 Å². The van der Waals surface area contributed by atoms with Crippen molar-refractivity contribution in [2.24, 2.45) is 0 Å². The molecule has 0 bridgehead atoms. The van der Waals surface area contributed by atoms with E-state index in [1.165, 1.54) is 12.1 Å². The second kappa shape index (κ2) is 5.66. The fourth-order valence-electron chi connectivity index (χ4n) is 1.04. The molecule has 4 heteroatoms. The summed E-state index contributed by atoms with van der Waals surface area (Å²) in [5.74, 6) is -0.874. The van der Waals surface area contributed by atoms with E-state index in [9.17, 15) is 9.18 Å². The Bertz CT molecular complexity index is 377. The Hall–Kier alpha value is -1.16. The fraction of sp³-hybridized carbons (Fsp3) is 0.182. The van der Waals surface area contributed by atoms with Gasteiger partial charge in [-0.3, -0.25) is 4.79 Å². The Morgan fingerprint density at radius 1 is 1.60 bits per heavy atom. The number of hydrogen-bond acceptors (Lipinski definition) is 2. The van der Waals surface area contributed by atoms with Gasteiger partial charge < -0.3 is 4.74 Å². The molecule has 0 saturated heterocycles. The van der Waals surface area contributed by atoms with Crippen LogP contribution in [0.3, 0.4) is 0 Å². The van der Waals surface area contributed by atoms with Gasteiger partial charge in [-0.1, -0.05) is 28.6 Å². The summed E-state index contributed by atoms with van der Waals surface area (Å²) in [4.78, 5) is 11.2. The standard InChI is InChI=1S/C11H10BrFO2/c1-2-5-15-11(14)7-8-6-9(12)3-4-10(8)13/h2-4,6H,1,5,7H2. The van der Waals surface area contributed by atoms with Crippen LogP contribution >= 0.6 is 15.9 Å². The Morgan fingerprint density at radius 2 is 2.33 bits per heavy atom. The third-order valence-electron chi connectivity index (χ3n) is 1.70. The van der Waals surface area contributed by atoms with E-state index >= 15 is 0 Å². The van der Waals surface area contributed by atoms with E-state index in [4.69, 9.17) is 4.74 Å². The summed E-state index contributed by atoms with van der Waals surface area (Å²) in [6.07, 6.45) is 1.40. The van der Waals surface area contributed by atoms with Gasteiger partial charge in [-0.2, -0.15) is 0 Å². The van der Waals surface area contributed by atoms with Gasteiger partial charge in [-0.25, -0.2) is 4.39 Å². The largest absolute Gasteiger partial charge is 0.461 e. The van der Waals surface area contributed by atoms with Crippen molar-refractivity contribution in [3.8, 4) is 0 Å². The highest BCUT2D eigenvalue weighted by Gasteiger charge is 2.09. The summed E-state index contributed by atoms with van der Waals surface area (Å²) < 4.78 is 18.7. The molecular weight excluding hydrogens is 263 g/mol. The van der Waals surface area contributed by atoms with E-state index in [0.717, 1.165) is 4.47 Å². The molecule has 0 heterocycles. The average Bonchev–Trinajstić information content (AvgIpc) is 2.20. The van der Waals surface area contributed by atoms with Crippen LogP contribution < -0.4 is 0 Å². The number of halogens is 2. The summed E-state index contributed by atoms with van der Waals surface area (Å²) in [5, 5.41) is 0. The van der Waals surface area contributed by atoms with Crippen LogP contribution in [0.4, 0.5) is 4.39 Å². The second-order valence-electron chi connectivity index (χ2n) is 2.88. The molecule has 0 aliphatic carbocycles. The average molecular weight is 273 g/mol. The molecular formula is C11H10BrFO2. The lowest BCUT2D eigenvalue weighted by molar-refractivity contribution is -0.141. The lowest BCUT2D eigenvalue weighted by Crippen LogP contribution is -2.09. The van der Waals surface area contributed by atoms with E-state index in [1.807, 2.05) is 0 Å². The van der Waals surface area contributed by atoms with Crippen molar-refractivity contribution in [3.63, 3.8) is 0 Å². The van der Waals surface area contributed by atoms with Gasteiger partial charge in [-0.15, -0.1) is 0 Å². The van der Waals surface area contributed by atoms with Gasteiger partial charge in [0.05, 0.1) is 6.42 Å². The van der Waals surface area contributed by atoms with Crippen LogP contribution in [0.2, 0.25) is 0 Å². The maximum Gasteiger partial charge on any atom is 0.310 e. The highest BCUT2D eigenvalue weighted by molar-refractivity contribution is 9.10. The molecule has 80 valence electrons. The molecule has 1 aromatic rings. The first-order valence-corrected chi connectivity index (χ1v) is 5.13. The molecule has 0 fully saturated rings. The van der Waals surface area contributed by atoms with Crippen LogP contribution in [0.1, 0.15) is 5.56 Å². The quantitative estimate of drug-likeness (QED) is 0.623. The van der Waals surface area contributed by atoms with Crippen LogP contribution in [0, 0.1) is 5.82 Å². The van der Waals surface area contributed by atoms with Crippen molar-refractivity contribution in [2.45, 2.75) is 6.42 Å². The normalized spacial score (nSPS) is 9.73. The molecule has 0 amide bonds. The Labute approximate surface area is 95.9 Å². The predicted molar refractivity (Wildman–Crippen MR) is 59.0 cm³/mol. The molecule has 1 rings (SSSR count). The number of carbonyl (C=O) groups is 1. The zero-order chi connectivity index (χ0) is 11.3. The maximum atomic E-state index is 13.2. The Balaban J connectivity index is 2.67. The van der Waals surface area contributed by atoms with Gasteiger partial charge in [-0.05, 0) is 18.2 Å². The summed E-state index contributed by atoms with van der Waals surface area (Å²) in [6, 6.07) is 4.44. The van der Waals surface area contributed by atoms with Crippen molar-refractivity contribution >= 4 is 21.9 Å². The molecule has 0 N–H and O–H groups in total. The van der Waals surface area contributed by atoms with Gasteiger partial charge in [0.2, 0.25) is 0 Å². The van der Waals surface area contributed by atoms with Crippen LogP contribution in [0.25, 0.3) is 0 Å². The highest BCUT2D eigenvalue weighted by atomic mass is 79.9. The minimum absolute atomic E-state index is 0.0703. The molecule has 0 aromatic heterocycles. The summed E-state index contributed by atoms with van der Waals surface area (Å²) in [7, 11) is 0. The molecule has 0 spiro atoms. The van der Waals surface area contributed by atoms with Gasteiger partial charge in [0.1, 0.15) is 12.4 Å². The lowest BCUT2D eigenvalue weighted by atomic mass is 10.1. The number of hydrogen-bond donors (Lipinski definition) is 0. The Morgan fingerprint density at radius 3 is 3.00 bits per heavy atom. The first-order chi connectivity index (χ1) is 7.13. The molecule has 0 aliphatic heterocycles. The van der Waals surface area contributed by atoms with Crippen LogP contribution in [0.5, 0.6) is 0 Å². The zero-order valence-corrected chi connectivity index (χ0v) is 9.59. The van der Waals surface area contributed by atoms with Gasteiger partial charge in [0.15, 0.2) is 0 Å². The molecule has 2 nitrogen and oxygen atoms in total. The van der Waals surface area contributed by atoms with Crippen LogP contribution in [-0.2, 0) is 16.0 Å². The van der Waals surface area contributed by atoms with Crippen molar-refractivity contribution in [3.05, 3.63) is 46.7 Å². The van der Waals surface area contributed by atoms with Crippen molar-refractivity contribution in [1.29, 1.82) is 0 Å². The minimum atomic E-state index is -0.466. The lowest BCUT2D eigenvalue weighted by Gasteiger charge is -2.03. The summed E-state index contributed by atoms with van der Waals surface area (Å²) in [6.45, 7) is 3.56. The molecule has 15 heavy (non-hydrogen) atoms. The third-order valence-corrected chi connectivity index (χ3v) is 2.20. The van der Waals surface area contributed by atoms with E-state index in [1.54, 1.807) is 12.1 Å². The fourth-order valence-corrected chi connectivity index (χ4v) is 1.45. The molecule has 0 saturated carbocycles. The number of rotatable bonds is 4. The molecule has 0 atom stereocenters. The summed E-state index contributed by atoms with van der Waals surface area (Å²) in [5.41, 5.74) is 0.318. The van der Waals surface area contributed by atoms with E-state index in [0.29, 0.717) is 5.56 Å². The molecule has 0 unspecified atom stereocenters. The highest BCUT2D eigenvalue weighted by Crippen LogP contribution is 2.16. The first kappa shape index (κ1) is 11.9. The second-order valence-corrected chi connectivity index (χ2v) is 3.80. The van der Waals surface area contributed by atoms with Crippen molar-refractivity contribution in [2.75, 3.05) is 6.61 Å².